The van der Waals surface area contributed by atoms with Crippen LogP contribution in [0.5, 0.6) is 0 Å². The average Bonchev–Trinajstić information content (AvgIpc) is 3.16. The molecule has 128 valence electrons. The maximum absolute atomic E-state index is 12.4. The first-order valence-electron chi connectivity index (χ1n) is 7.26. The molecule has 1 aromatic heterocycles. The van der Waals surface area contributed by atoms with Crippen LogP contribution in [0.15, 0.2) is 36.4 Å². The number of H-pyrrole nitrogens is 1. The number of tetrazole rings is 1. The van der Waals surface area contributed by atoms with Crippen LogP contribution >= 0.6 is 0 Å². The van der Waals surface area contributed by atoms with Crippen LogP contribution in [0, 0.1) is 0 Å². The number of aromatic amines is 1. The Hall–Kier alpha value is -3.53. The van der Waals surface area contributed by atoms with Gasteiger partial charge in [0.15, 0.2) is 0 Å². The molecule has 0 aliphatic heterocycles. The summed E-state index contributed by atoms with van der Waals surface area (Å²) in [5.74, 6) is -0.615. The van der Waals surface area contributed by atoms with E-state index in [0.717, 1.165) is 11.1 Å². The summed E-state index contributed by atoms with van der Waals surface area (Å²) in [4.78, 5) is 29.3. The van der Waals surface area contributed by atoms with E-state index in [2.05, 4.69) is 25.9 Å². The van der Waals surface area contributed by atoms with Gasteiger partial charge < -0.3 is 5.73 Å². The lowest BCUT2D eigenvalue weighted by Crippen LogP contribution is -2.40. The molecule has 10 heteroatoms. The van der Waals surface area contributed by atoms with Gasteiger partial charge in [-0.3, -0.25) is 14.9 Å². The Balaban J connectivity index is 1.72. The van der Waals surface area contributed by atoms with E-state index in [0.29, 0.717) is 16.3 Å². The molecule has 1 heterocycles. The molecule has 0 unspecified atom stereocenters. The fourth-order valence-corrected chi connectivity index (χ4v) is 2.33. The van der Waals surface area contributed by atoms with Crippen molar-refractivity contribution in [3.8, 4) is 11.1 Å². The number of rotatable bonds is 4. The largest absolute Gasteiger partial charge is 0.399 e. The number of anilines is 2. The smallest absolute Gasteiger partial charge is 0.355 e. The standard InChI is InChI=1S/C15H15N7O3/c1-25-22(15(24)17-14-18-20-21-19-14)13(23)6-9-2-4-10-7-12(16)8-11(10)5-3-9/h2-5,7-8H,6,16H2,1H3,(H2,17,18,19,20,21,24). The van der Waals surface area contributed by atoms with E-state index in [9.17, 15) is 9.59 Å². The van der Waals surface area contributed by atoms with Crippen LogP contribution in [-0.2, 0) is 16.1 Å². The van der Waals surface area contributed by atoms with Gasteiger partial charge in [0.1, 0.15) is 0 Å². The molecule has 0 atom stereocenters. The minimum atomic E-state index is -0.819. The Kier molecular flexibility index (Phi) is 4.53. The molecule has 1 aromatic rings. The van der Waals surface area contributed by atoms with E-state index >= 15 is 0 Å². The number of nitrogens with two attached hydrogens (primary N) is 1. The second-order valence-corrected chi connectivity index (χ2v) is 5.15. The van der Waals surface area contributed by atoms with Crippen molar-refractivity contribution in [3.05, 3.63) is 42.0 Å². The number of amides is 3. The van der Waals surface area contributed by atoms with Gasteiger partial charge in [-0.05, 0) is 34.0 Å². The van der Waals surface area contributed by atoms with Gasteiger partial charge >= 0.3 is 6.03 Å². The maximum atomic E-state index is 12.4. The average molecular weight is 341 g/mol. The van der Waals surface area contributed by atoms with Gasteiger partial charge in [-0.2, -0.15) is 5.21 Å². The Labute approximate surface area is 142 Å². The highest BCUT2D eigenvalue weighted by atomic mass is 16.7. The molecule has 0 aromatic carbocycles. The van der Waals surface area contributed by atoms with E-state index in [1.807, 2.05) is 24.3 Å². The molecule has 10 nitrogen and oxygen atoms in total. The maximum Gasteiger partial charge on any atom is 0.355 e. The van der Waals surface area contributed by atoms with Crippen molar-refractivity contribution in [2.24, 2.45) is 0 Å². The number of hydrogen-bond acceptors (Lipinski definition) is 7. The summed E-state index contributed by atoms with van der Waals surface area (Å²) in [7, 11) is 1.22. The highest BCUT2D eigenvalue weighted by Crippen LogP contribution is 2.26. The Morgan fingerprint density at radius 3 is 2.48 bits per heavy atom. The molecule has 3 rings (SSSR count). The van der Waals surface area contributed by atoms with Crippen molar-refractivity contribution in [2.75, 3.05) is 18.2 Å². The third kappa shape index (κ3) is 3.70. The van der Waals surface area contributed by atoms with E-state index in [4.69, 9.17) is 10.6 Å². The van der Waals surface area contributed by atoms with Crippen LogP contribution in [0.2, 0.25) is 0 Å². The molecule has 2 aliphatic rings. The van der Waals surface area contributed by atoms with E-state index in [1.165, 1.54) is 7.11 Å². The first-order valence-corrected chi connectivity index (χ1v) is 7.26. The molecular formula is C15H15N7O3. The van der Waals surface area contributed by atoms with Crippen molar-refractivity contribution < 1.29 is 14.4 Å². The molecule has 2 aliphatic carbocycles. The van der Waals surface area contributed by atoms with Crippen LogP contribution in [-0.4, -0.2) is 44.7 Å². The van der Waals surface area contributed by atoms with E-state index < -0.39 is 11.9 Å². The molecule has 0 saturated heterocycles. The van der Waals surface area contributed by atoms with Crippen LogP contribution in [0.4, 0.5) is 16.4 Å². The van der Waals surface area contributed by atoms with Gasteiger partial charge in [-0.25, -0.2) is 4.79 Å². The quantitative estimate of drug-likeness (QED) is 0.603. The second-order valence-electron chi connectivity index (χ2n) is 5.15. The van der Waals surface area contributed by atoms with Gasteiger partial charge in [-0.1, -0.05) is 29.4 Å². The zero-order valence-electron chi connectivity index (χ0n) is 13.3. The molecule has 0 spiro atoms. The predicted molar refractivity (Wildman–Crippen MR) is 88.2 cm³/mol. The normalized spacial score (nSPS) is 10.6. The topological polar surface area (TPSA) is 139 Å². The Bertz CT molecular complexity index is 832. The first kappa shape index (κ1) is 16.3. The van der Waals surface area contributed by atoms with E-state index in [-0.39, 0.29) is 12.4 Å². The Morgan fingerprint density at radius 2 is 1.92 bits per heavy atom. The zero-order valence-corrected chi connectivity index (χ0v) is 13.3. The predicted octanol–water partition coefficient (Wildman–Crippen LogP) is 1.05. The van der Waals surface area contributed by atoms with E-state index in [1.54, 1.807) is 12.1 Å². The third-order valence-electron chi connectivity index (χ3n) is 3.44. The molecule has 4 N–H and O–H groups in total. The molecule has 0 saturated carbocycles. The van der Waals surface area contributed by atoms with Crippen LogP contribution in [0.1, 0.15) is 5.56 Å². The number of imide groups is 1. The molecule has 0 fully saturated rings. The van der Waals surface area contributed by atoms with Crippen LogP contribution < -0.4 is 11.1 Å². The number of urea groups is 1. The monoisotopic (exact) mass is 341 g/mol. The summed E-state index contributed by atoms with van der Waals surface area (Å²) in [5.41, 5.74) is 9.09. The lowest BCUT2D eigenvalue weighted by molar-refractivity contribution is -0.158. The molecule has 25 heavy (non-hydrogen) atoms. The van der Waals surface area contributed by atoms with Crippen molar-refractivity contribution in [1.29, 1.82) is 0 Å². The number of carbonyl (C=O) groups is 2. The lowest BCUT2D eigenvalue weighted by Gasteiger charge is -2.16. The van der Waals surface area contributed by atoms with Crippen LogP contribution in [0.25, 0.3) is 11.1 Å². The van der Waals surface area contributed by atoms with Gasteiger partial charge in [-0.15, -0.1) is 10.2 Å². The Morgan fingerprint density at radius 1 is 1.24 bits per heavy atom. The number of aromatic nitrogens is 4. The van der Waals surface area contributed by atoms with Crippen molar-refractivity contribution in [2.45, 2.75) is 6.42 Å². The second kappa shape index (κ2) is 6.93. The van der Waals surface area contributed by atoms with Gasteiger partial charge in [0.05, 0.1) is 13.5 Å². The molecular weight excluding hydrogens is 326 g/mol. The number of fused-ring (bicyclic) bond motifs is 1. The summed E-state index contributed by atoms with van der Waals surface area (Å²) < 4.78 is 0. The highest BCUT2D eigenvalue weighted by Gasteiger charge is 2.23. The van der Waals surface area contributed by atoms with Gasteiger partial charge in [0, 0.05) is 5.69 Å². The number of hydroxylamine groups is 2. The molecule has 3 amide bonds. The number of hydrogen-bond donors (Lipinski definition) is 3. The highest BCUT2D eigenvalue weighted by molar-refractivity contribution is 5.99. The SMILES string of the molecule is CON(C(=O)Cc1ccc2cc(N)cc-2cc1)C(=O)Nc1nn[nH]n1. The number of nitrogens with one attached hydrogen (secondary N) is 2. The van der Waals surface area contributed by atoms with Gasteiger partial charge in [0.2, 0.25) is 0 Å². The summed E-state index contributed by atoms with van der Waals surface area (Å²) in [6.07, 6.45) is -0.0275. The number of carbonyl (C=O) groups excluding carboxylic acids is 2. The van der Waals surface area contributed by atoms with Crippen molar-refractivity contribution >= 4 is 23.6 Å². The minimum Gasteiger partial charge on any atom is -0.399 e. The van der Waals surface area contributed by atoms with Gasteiger partial charge in [0.25, 0.3) is 11.9 Å². The van der Waals surface area contributed by atoms with Crippen LogP contribution in [0.3, 0.4) is 0 Å². The van der Waals surface area contributed by atoms with Crippen molar-refractivity contribution in [3.63, 3.8) is 0 Å². The zero-order chi connectivity index (χ0) is 17.8. The molecule has 0 radical (unpaired) electrons. The lowest BCUT2D eigenvalue weighted by atomic mass is 10.2. The van der Waals surface area contributed by atoms with Crippen molar-refractivity contribution in [1.82, 2.24) is 25.7 Å². The molecule has 0 bridgehead atoms. The summed E-state index contributed by atoms with van der Waals surface area (Å²) in [5, 5.41) is 15.5. The number of nitrogens with zero attached hydrogens (tertiary/aromatic N) is 4. The fourth-order valence-electron chi connectivity index (χ4n) is 2.33. The summed E-state index contributed by atoms with van der Waals surface area (Å²) >= 11 is 0. The summed E-state index contributed by atoms with van der Waals surface area (Å²) in [6, 6.07) is 10.2. The third-order valence-corrected chi connectivity index (χ3v) is 3.44. The summed E-state index contributed by atoms with van der Waals surface area (Å²) in [6.45, 7) is 0. The fraction of sp³-hybridized carbons (Fsp3) is 0.133. The number of nitrogen functional groups attached to an aromatic ring is 1. The first-order chi connectivity index (χ1) is 12.1. The minimum absolute atomic E-state index is 0.0275.